The van der Waals surface area contributed by atoms with Gasteiger partial charge in [-0.1, -0.05) is 15.9 Å². The molecule has 3 nitrogen and oxygen atoms in total. The van der Waals surface area contributed by atoms with Crippen LogP contribution in [0.4, 0.5) is 13.2 Å². The topological polar surface area (TPSA) is 50.2 Å². The highest BCUT2D eigenvalue weighted by Gasteiger charge is 2.23. The maximum absolute atomic E-state index is 13.2. The van der Waals surface area contributed by atoms with Crippen LogP contribution < -0.4 is 0 Å². The smallest absolute Gasteiger partial charge is 0.338 e. The Morgan fingerprint density at radius 2 is 2.20 bits per heavy atom. The molecule has 0 unspecified atom stereocenters. The maximum Gasteiger partial charge on any atom is 0.338 e. The summed E-state index contributed by atoms with van der Waals surface area (Å²) in [6.07, 6.45) is -3.14. The minimum Gasteiger partial charge on any atom is -0.478 e. The molecule has 82 valence electrons. The van der Waals surface area contributed by atoms with Gasteiger partial charge in [0.05, 0.1) is 11.3 Å². The monoisotopic (exact) mass is 283 g/mol. The summed E-state index contributed by atoms with van der Waals surface area (Å²) in [5, 5.41) is 8.64. The number of hydrogen-bond donors (Lipinski definition) is 1. The molecule has 0 aromatic carbocycles. The Morgan fingerprint density at radius 1 is 1.60 bits per heavy atom. The zero-order valence-electron chi connectivity index (χ0n) is 7.18. The molecule has 1 rings (SSSR count). The first-order chi connectivity index (χ1) is 6.97. The lowest BCUT2D eigenvalue weighted by Gasteiger charge is -2.06. The van der Waals surface area contributed by atoms with Crippen LogP contribution in [0, 0.1) is 5.82 Å². The van der Waals surface area contributed by atoms with Crippen molar-refractivity contribution in [2.45, 2.75) is 11.8 Å². The average Bonchev–Trinajstić information content (AvgIpc) is 2.17. The number of halogens is 4. The number of aromatic carboxylic acids is 1. The molecule has 0 amide bonds. The van der Waals surface area contributed by atoms with Crippen LogP contribution in [0.25, 0.3) is 0 Å². The van der Waals surface area contributed by atoms with Crippen molar-refractivity contribution in [3.63, 3.8) is 0 Å². The minimum absolute atomic E-state index is 0.0455. The lowest BCUT2D eigenvalue weighted by atomic mass is 10.2. The summed E-state index contributed by atoms with van der Waals surface area (Å²) in [7, 11) is 0. The molecule has 1 N–H and O–H groups in total. The first kappa shape index (κ1) is 12.0. The Hall–Kier alpha value is -1.11. The summed E-state index contributed by atoms with van der Waals surface area (Å²) in [6, 6.07) is 0.915. The molecule has 0 aliphatic heterocycles. The standard InChI is InChI=1S/C8H5BrF3NO2/c9-2-3-1-4(8(14)15)5(10)6(13-3)7(11)12/h1,7H,2H2,(H,14,15). The second-order valence-electron chi connectivity index (χ2n) is 2.60. The number of hydrogen-bond acceptors (Lipinski definition) is 2. The normalized spacial score (nSPS) is 10.7. The molecular formula is C8H5BrF3NO2. The Balaban J connectivity index is 3.40. The number of rotatable bonds is 3. The van der Waals surface area contributed by atoms with Gasteiger partial charge in [0, 0.05) is 5.33 Å². The minimum atomic E-state index is -3.14. The first-order valence-corrected chi connectivity index (χ1v) is 4.86. The highest BCUT2D eigenvalue weighted by molar-refractivity contribution is 9.08. The maximum atomic E-state index is 13.2. The SMILES string of the molecule is O=C(O)c1cc(CBr)nc(C(F)F)c1F. The average molecular weight is 284 g/mol. The number of alkyl halides is 3. The Bertz CT molecular complexity index is 398. The van der Waals surface area contributed by atoms with E-state index in [1.807, 2.05) is 0 Å². The van der Waals surface area contributed by atoms with E-state index in [0.717, 1.165) is 6.07 Å². The van der Waals surface area contributed by atoms with Crippen LogP contribution in [0.2, 0.25) is 0 Å². The van der Waals surface area contributed by atoms with Crippen LogP contribution in [0.1, 0.15) is 28.2 Å². The van der Waals surface area contributed by atoms with Crippen LogP contribution >= 0.6 is 15.9 Å². The van der Waals surface area contributed by atoms with E-state index in [9.17, 15) is 18.0 Å². The van der Waals surface area contributed by atoms with Crippen LogP contribution in [0.3, 0.4) is 0 Å². The van der Waals surface area contributed by atoms with Gasteiger partial charge in [-0.3, -0.25) is 0 Å². The van der Waals surface area contributed by atoms with Gasteiger partial charge in [-0.15, -0.1) is 0 Å². The lowest BCUT2D eigenvalue weighted by molar-refractivity contribution is 0.0689. The van der Waals surface area contributed by atoms with E-state index in [0.29, 0.717) is 0 Å². The summed E-state index contributed by atoms with van der Waals surface area (Å²) in [6.45, 7) is 0. The van der Waals surface area contributed by atoms with Crippen LogP contribution in [-0.4, -0.2) is 16.1 Å². The van der Waals surface area contributed by atoms with Crippen molar-refractivity contribution < 1.29 is 23.1 Å². The summed E-state index contributed by atoms with van der Waals surface area (Å²) in [4.78, 5) is 13.8. The molecule has 0 spiro atoms. The Labute approximate surface area is 91.1 Å². The zero-order chi connectivity index (χ0) is 11.6. The largest absolute Gasteiger partial charge is 0.478 e. The van der Waals surface area contributed by atoms with Crippen molar-refractivity contribution in [1.82, 2.24) is 4.98 Å². The summed E-state index contributed by atoms with van der Waals surface area (Å²) >= 11 is 2.93. The fourth-order valence-electron chi connectivity index (χ4n) is 0.973. The van der Waals surface area contributed by atoms with Gasteiger partial charge in [0.25, 0.3) is 6.43 Å². The van der Waals surface area contributed by atoms with Crippen LogP contribution in [0.5, 0.6) is 0 Å². The second-order valence-corrected chi connectivity index (χ2v) is 3.16. The van der Waals surface area contributed by atoms with E-state index in [-0.39, 0.29) is 11.0 Å². The lowest BCUT2D eigenvalue weighted by Crippen LogP contribution is -2.08. The third-order valence-electron chi connectivity index (χ3n) is 1.61. The fourth-order valence-corrected chi connectivity index (χ4v) is 1.26. The van der Waals surface area contributed by atoms with E-state index >= 15 is 0 Å². The van der Waals surface area contributed by atoms with E-state index in [4.69, 9.17) is 5.11 Å². The number of nitrogens with zero attached hydrogens (tertiary/aromatic N) is 1. The number of carboxylic acids is 1. The van der Waals surface area contributed by atoms with Crippen molar-refractivity contribution in [3.8, 4) is 0 Å². The Kier molecular flexibility index (Phi) is 3.67. The molecule has 0 fully saturated rings. The van der Waals surface area contributed by atoms with Crippen LogP contribution in [-0.2, 0) is 5.33 Å². The van der Waals surface area contributed by atoms with Gasteiger partial charge >= 0.3 is 5.97 Å². The van der Waals surface area contributed by atoms with Crippen molar-refractivity contribution in [1.29, 1.82) is 0 Å². The highest BCUT2D eigenvalue weighted by atomic mass is 79.9. The molecule has 0 radical (unpaired) electrons. The number of carbonyl (C=O) groups is 1. The number of carboxylic acid groups (broad SMARTS) is 1. The van der Waals surface area contributed by atoms with E-state index in [1.54, 1.807) is 0 Å². The molecule has 7 heteroatoms. The van der Waals surface area contributed by atoms with Crippen LogP contribution in [0.15, 0.2) is 6.07 Å². The molecule has 0 saturated carbocycles. The van der Waals surface area contributed by atoms with Gasteiger partial charge in [0.1, 0.15) is 5.69 Å². The second kappa shape index (κ2) is 4.61. The number of pyridine rings is 1. The quantitative estimate of drug-likeness (QED) is 0.868. The molecule has 1 aromatic heterocycles. The summed E-state index contributed by atoms with van der Waals surface area (Å²) < 4.78 is 37.7. The van der Waals surface area contributed by atoms with Gasteiger partial charge in [0.15, 0.2) is 5.82 Å². The molecule has 0 aliphatic rings. The molecule has 1 heterocycles. The van der Waals surface area contributed by atoms with Crippen molar-refractivity contribution in [3.05, 3.63) is 28.8 Å². The summed E-state index contributed by atoms with van der Waals surface area (Å²) in [5.74, 6) is -3.08. The number of aromatic nitrogens is 1. The van der Waals surface area contributed by atoms with Crippen molar-refractivity contribution in [2.75, 3.05) is 0 Å². The van der Waals surface area contributed by atoms with Gasteiger partial charge in [-0.05, 0) is 6.07 Å². The van der Waals surface area contributed by atoms with Gasteiger partial charge in [-0.2, -0.15) is 0 Å². The van der Waals surface area contributed by atoms with Gasteiger partial charge < -0.3 is 5.11 Å². The predicted molar refractivity (Wildman–Crippen MR) is 48.7 cm³/mol. The molecule has 15 heavy (non-hydrogen) atoms. The predicted octanol–water partition coefficient (Wildman–Crippen LogP) is 2.75. The van der Waals surface area contributed by atoms with E-state index in [1.165, 1.54) is 0 Å². The Morgan fingerprint density at radius 3 is 2.60 bits per heavy atom. The van der Waals surface area contributed by atoms with E-state index < -0.39 is 29.5 Å². The molecular weight excluding hydrogens is 279 g/mol. The van der Waals surface area contributed by atoms with Gasteiger partial charge in [-0.25, -0.2) is 22.9 Å². The summed E-state index contributed by atoms with van der Waals surface area (Å²) in [5.41, 5.74) is -1.89. The first-order valence-electron chi connectivity index (χ1n) is 3.74. The zero-order valence-corrected chi connectivity index (χ0v) is 8.76. The molecule has 1 aromatic rings. The van der Waals surface area contributed by atoms with Crippen molar-refractivity contribution in [2.24, 2.45) is 0 Å². The highest BCUT2D eigenvalue weighted by Crippen LogP contribution is 2.23. The third kappa shape index (κ3) is 2.47. The molecule has 0 aliphatic carbocycles. The molecule has 0 atom stereocenters. The third-order valence-corrected chi connectivity index (χ3v) is 2.18. The van der Waals surface area contributed by atoms with E-state index in [2.05, 4.69) is 20.9 Å². The fraction of sp³-hybridized carbons (Fsp3) is 0.250. The van der Waals surface area contributed by atoms with Gasteiger partial charge in [0.2, 0.25) is 0 Å². The van der Waals surface area contributed by atoms with Crippen molar-refractivity contribution >= 4 is 21.9 Å². The molecule has 0 saturated heterocycles. The molecule has 0 bridgehead atoms.